The first-order valence-corrected chi connectivity index (χ1v) is 8.21. The zero-order valence-corrected chi connectivity index (χ0v) is 14.1. The van der Waals surface area contributed by atoms with E-state index < -0.39 is 6.10 Å². The molecule has 1 aliphatic heterocycles. The fourth-order valence-electron chi connectivity index (χ4n) is 2.53. The van der Waals surface area contributed by atoms with Crippen molar-refractivity contribution in [3.63, 3.8) is 0 Å². The minimum atomic E-state index is -0.528. The molecule has 1 atom stereocenters. The van der Waals surface area contributed by atoms with Gasteiger partial charge in [-0.15, -0.1) is 0 Å². The first kappa shape index (κ1) is 18.0. The van der Waals surface area contributed by atoms with Crippen molar-refractivity contribution in [2.45, 2.75) is 19.6 Å². The fraction of sp³-hybridized carbons (Fsp3) is 0.647. The van der Waals surface area contributed by atoms with E-state index in [-0.39, 0.29) is 6.61 Å². The fourth-order valence-corrected chi connectivity index (χ4v) is 2.53. The molecule has 130 valence electrons. The van der Waals surface area contributed by atoms with Crippen LogP contribution in [-0.2, 0) is 11.3 Å². The number of β-amino-alcohol motifs (C(OH)–C–C–N with tert-alkyl or cyclic N) is 1. The lowest BCUT2D eigenvalue weighted by molar-refractivity contribution is 0.00445. The Labute approximate surface area is 138 Å². The number of methoxy groups -OCH3 is 1. The highest BCUT2D eigenvalue weighted by molar-refractivity contribution is 5.43. The molecule has 0 unspecified atom stereocenters. The zero-order valence-electron chi connectivity index (χ0n) is 14.1. The van der Waals surface area contributed by atoms with Crippen molar-refractivity contribution in [2.24, 2.45) is 0 Å². The number of nitrogens with zero attached hydrogens (tertiary/aromatic N) is 1. The number of hydrogen-bond acceptors (Lipinski definition) is 6. The lowest BCUT2D eigenvalue weighted by Gasteiger charge is -2.28. The van der Waals surface area contributed by atoms with Crippen LogP contribution in [-0.4, -0.2) is 69.2 Å². The summed E-state index contributed by atoms with van der Waals surface area (Å²) in [5.41, 5.74) is 1.14. The van der Waals surface area contributed by atoms with Gasteiger partial charge < -0.3 is 24.6 Å². The van der Waals surface area contributed by atoms with Gasteiger partial charge in [0.05, 0.1) is 20.3 Å². The van der Waals surface area contributed by atoms with Crippen LogP contribution in [0.1, 0.15) is 12.5 Å². The van der Waals surface area contributed by atoms with Gasteiger partial charge >= 0.3 is 0 Å². The van der Waals surface area contributed by atoms with Crippen LogP contribution in [0.4, 0.5) is 0 Å². The third-order valence-corrected chi connectivity index (χ3v) is 3.81. The van der Waals surface area contributed by atoms with E-state index >= 15 is 0 Å². The van der Waals surface area contributed by atoms with Crippen molar-refractivity contribution in [1.29, 1.82) is 0 Å². The molecule has 1 aromatic carbocycles. The van der Waals surface area contributed by atoms with E-state index in [9.17, 15) is 5.11 Å². The van der Waals surface area contributed by atoms with Crippen molar-refractivity contribution < 1.29 is 19.3 Å². The summed E-state index contributed by atoms with van der Waals surface area (Å²) in [5.74, 6) is 1.35. The van der Waals surface area contributed by atoms with Gasteiger partial charge in [0.25, 0.3) is 0 Å². The number of nitrogens with one attached hydrogen (secondary N) is 1. The second-order valence-corrected chi connectivity index (χ2v) is 5.64. The van der Waals surface area contributed by atoms with E-state index in [4.69, 9.17) is 14.2 Å². The van der Waals surface area contributed by atoms with Gasteiger partial charge in [0.1, 0.15) is 12.7 Å². The highest BCUT2D eigenvalue weighted by Gasteiger charge is 2.16. The van der Waals surface area contributed by atoms with Crippen LogP contribution in [0.3, 0.4) is 0 Å². The average molecular weight is 324 g/mol. The summed E-state index contributed by atoms with van der Waals surface area (Å²) in [5, 5.41) is 13.4. The van der Waals surface area contributed by atoms with Crippen molar-refractivity contribution in [2.75, 3.05) is 53.1 Å². The number of rotatable bonds is 9. The van der Waals surface area contributed by atoms with E-state index in [0.717, 1.165) is 45.0 Å². The number of aliphatic hydroxyl groups is 1. The smallest absolute Gasteiger partial charge is 0.161 e. The Bertz CT molecular complexity index is 464. The SMILES string of the molecule is CCNCc1ccc(OC[C@@H](O)CN2CCOCC2)c(OC)c1. The Hall–Kier alpha value is -1.34. The van der Waals surface area contributed by atoms with Crippen molar-refractivity contribution in [3.05, 3.63) is 23.8 Å². The predicted molar refractivity (Wildman–Crippen MR) is 89.1 cm³/mol. The van der Waals surface area contributed by atoms with Crippen LogP contribution in [0.25, 0.3) is 0 Å². The molecule has 0 radical (unpaired) electrons. The van der Waals surface area contributed by atoms with Crippen LogP contribution in [0.5, 0.6) is 11.5 Å². The van der Waals surface area contributed by atoms with E-state index in [2.05, 4.69) is 17.1 Å². The Morgan fingerprint density at radius 2 is 2.09 bits per heavy atom. The Morgan fingerprint density at radius 1 is 1.30 bits per heavy atom. The molecule has 6 heteroatoms. The Kier molecular flexibility index (Phi) is 7.61. The molecule has 2 N–H and O–H groups in total. The number of hydrogen-bond donors (Lipinski definition) is 2. The first-order chi connectivity index (χ1) is 11.2. The third kappa shape index (κ3) is 5.99. The molecular formula is C17H28N2O4. The molecule has 1 saturated heterocycles. The topological polar surface area (TPSA) is 63.2 Å². The molecule has 0 aliphatic carbocycles. The summed E-state index contributed by atoms with van der Waals surface area (Å²) in [6.45, 7) is 7.83. The monoisotopic (exact) mass is 324 g/mol. The second-order valence-electron chi connectivity index (χ2n) is 5.64. The maximum atomic E-state index is 10.1. The summed E-state index contributed by atoms with van der Waals surface area (Å²) >= 11 is 0. The lowest BCUT2D eigenvalue weighted by atomic mass is 10.2. The van der Waals surface area contributed by atoms with Gasteiger partial charge in [-0.1, -0.05) is 13.0 Å². The van der Waals surface area contributed by atoms with Gasteiger partial charge in [0, 0.05) is 26.2 Å². The zero-order chi connectivity index (χ0) is 16.5. The number of ether oxygens (including phenoxy) is 3. The number of benzene rings is 1. The van der Waals surface area contributed by atoms with E-state index in [1.165, 1.54) is 0 Å². The van der Waals surface area contributed by atoms with Gasteiger partial charge in [-0.25, -0.2) is 0 Å². The van der Waals surface area contributed by atoms with Gasteiger partial charge in [0.15, 0.2) is 11.5 Å². The van der Waals surface area contributed by atoms with Crippen molar-refractivity contribution >= 4 is 0 Å². The van der Waals surface area contributed by atoms with Crippen LogP contribution in [0, 0.1) is 0 Å². The minimum absolute atomic E-state index is 0.250. The quantitative estimate of drug-likeness (QED) is 0.703. The number of morpholine rings is 1. The van der Waals surface area contributed by atoms with E-state index in [1.807, 2.05) is 18.2 Å². The van der Waals surface area contributed by atoms with E-state index in [0.29, 0.717) is 18.0 Å². The molecule has 0 saturated carbocycles. The van der Waals surface area contributed by atoms with Crippen LogP contribution in [0.2, 0.25) is 0 Å². The van der Waals surface area contributed by atoms with Gasteiger partial charge in [-0.3, -0.25) is 4.90 Å². The molecule has 0 aromatic heterocycles. The normalized spacial score (nSPS) is 17.0. The van der Waals surface area contributed by atoms with Gasteiger partial charge in [0.2, 0.25) is 0 Å². The molecule has 23 heavy (non-hydrogen) atoms. The molecule has 0 bridgehead atoms. The molecule has 2 rings (SSSR count). The summed E-state index contributed by atoms with van der Waals surface area (Å²) in [6.07, 6.45) is -0.528. The predicted octanol–water partition coefficient (Wildman–Crippen LogP) is 0.877. The average Bonchev–Trinajstić information content (AvgIpc) is 2.59. The second kappa shape index (κ2) is 9.72. The molecule has 0 spiro atoms. The first-order valence-electron chi connectivity index (χ1n) is 8.21. The van der Waals surface area contributed by atoms with Crippen LogP contribution in [0.15, 0.2) is 18.2 Å². The van der Waals surface area contributed by atoms with Gasteiger partial charge in [-0.05, 0) is 24.2 Å². The summed E-state index contributed by atoms with van der Waals surface area (Å²) in [7, 11) is 1.63. The molecule has 1 aliphatic rings. The molecule has 1 fully saturated rings. The molecule has 1 aromatic rings. The Morgan fingerprint density at radius 3 is 2.78 bits per heavy atom. The molecule has 1 heterocycles. The number of aliphatic hydroxyl groups excluding tert-OH is 1. The molecule has 0 amide bonds. The maximum absolute atomic E-state index is 10.1. The minimum Gasteiger partial charge on any atom is -0.493 e. The Balaban J connectivity index is 1.83. The largest absolute Gasteiger partial charge is 0.493 e. The van der Waals surface area contributed by atoms with Gasteiger partial charge in [-0.2, -0.15) is 0 Å². The highest BCUT2D eigenvalue weighted by atomic mass is 16.5. The van der Waals surface area contributed by atoms with Crippen molar-refractivity contribution in [3.8, 4) is 11.5 Å². The molecule has 6 nitrogen and oxygen atoms in total. The highest BCUT2D eigenvalue weighted by Crippen LogP contribution is 2.28. The molecular weight excluding hydrogens is 296 g/mol. The maximum Gasteiger partial charge on any atom is 0.161 e. The lowest BCUT2D eigenvalue weighted by Crippen LogP contribution is -2.42. The summed E-state index contributed by atoms with van der Waals surface area (Å²) in [4.78, 5) is 2.19. The van der Waals surface area contributed by atoms with Crippen LogP contribution < -0.4 is 14.8 Å². The summed E-state index contributed by atoms with van der Waals surface area (Å²) in [6, 6.07) is 5.87. The summed E-state index contributed by atoms with van der Waals surface area (Å²) < 4.78 is 16.4. The third-order valence-electron chi connectivity index (χ3n) is 3.81. The van der Waals surface area contributed by atoms with E-state index in [1.54, 1.807) is 7.11 Å². The standard InChI is InChI=1S/C17H28N2O4/c1-3-18-11-14-4-5-16(17(10-14)21-2)23-13-15(20)12-19-6-8-22-9-7-19/h4-5,10,15,18,20H,3,6-9,11-13H2,1-2H3/t15-/m0/s1. The van der Waals surface area contributed by atoms with Crippen LogP contribution >= 0.6 is 0 Å². The van der Waals surface area contributed by atoms with Crippen molar-refractivity contribution in [1.82, 2.24) is 10.2 Å².